The van der Waals surface area contributed by atoms with Crippen molar-refractivity contribution in [3.05, 3.63) is 32.2 Å². The van der Waals surface area contributed by atoms with E-state index in [1.54, 1.807) is 12.1 Å². The molecule has 4 heteroatoms. The Hall–Kier alpha value is 0.0400. The molecule has 70 valence electrons. The topological polar surface area (TPSA) is 0 Å². The number of fused-ring (bicyclic) bond motifs is 1. The van der Waals surface area contributed by atoms with Crippen LogP contribution in [0.3, 0.4) is 0 Å². The maximum atomic E-state index is 13.3. The molecule has 0 aromatic heterocycles. The summed E-state index contributed by atoms with van der Waals surface area (Å²) in [6.45, 7) is 0. The highest BCUT2D eigenvalue weighted by molar-refractivity contribution is 9.11. The number of benzene rings is 1. The Morgan fingerprint density at radius 1 is 1.15 bits per heavy atom. The summed E-state index contributed by atoms with van der Waals surface area (Å²) >= 11 is 6.44. The van der Waals surface area contributed by atoms with Crippen LogP contribution >= 0.6 is 31.9 Å². The van der Waals surface area contributed by atoms with Gasteiger partial charge >= 0.3 is 0 Å². The van der Waals surface area contributed by atoms with Gasteiger partial charge in [0.1, 0.15) is 0 Å². The van der Waals surface area contributed by atoms with E-state index in [-0.39, 0.29) is 12.0 Å². The van der Waals surface area contributed by atoms with Crippen molar-refractivity contribution in [2.24, 2.45) is 0 Å². The van der Waals surface area contributed by atoms with Crippen molar-refractivity contribution in [3.8, 4) is 0 Å². The maximum absolute atomic E-state index is 13.3. The van der Waals surface area contributed by atoms with Crippen molar-refractivity contribution in [2.75, 3.05) is 0 Å². The van der Waals surface area contributed by atoms with E-state index in [1.165, 1.54) is 0 Å². The van der Waals surface area contributed by atoms with Gasteiger partial charge in [-0.15, -0.1) is 0 Å². The van der Waals surface area contributed by atoms with Gasteiger partial charge in [0.25, 0.3) is 5.92 Å². The van der Waals surface area contributed by atoms with Crippen LogP contribution in [0.2, 0.25) is 0 Å². The predicted octanol–water partition coefficient (Wildman–Crippen LogP) is 4.25. The number of halogens is 4. The van der Waals surface area contributed by atoms with Gasteiger partial charge in [-0.3, -0.25) is 0 Å². The normalized spacial score (nSPS) is 18.8. The Morgan fingerprint density at radius 3 is 2.38 bits per heavy atom. The van der Waals surface area contributed by atoms with Crippen LogP contribution < -0.4 is 0 Å². The third-order valence-electron chi connectivity index (χ3n) is 2.26. The second-order valence-electron chi connectivity index (χ2n) is 3.09. The zero-order valence-electron chi connectivity index (χ0n) is 6.58. The minimum atomic E-state index is -2.67. The SMILES string of the molecule is FC1(F)CCc2c(Br)ccc(Br)c21. The fraction of sp³-hybridized carbons (Fsp3) is 0.333. The van der Waals surface area contributed by atoms with Crippen molar-refractivity contribution in [1.29, 1.82) is 0 Å². The van der Waals surface area contributed by atoms with Crippen LogP contribution in [0.25, 0.3) is 0 Å². The molecule has 0 bridgehead atoms. The Bertz CT molecular complexity index is 361. The molecule has 2 rings (SSSR count). The number of hydrogen-bond donors (Lipinski definition) is 0. The fourth-order valence-corrected chi connectivity index (χ4v) is 2.83. The Morgan fingerprint density at radius 2 is 1.77 bits per heavy atom. The van der Waals surface area contributed by atoms with Crippen molar-refractivity contribution in [1.82, 2.24) is 0 Å². The molecule has 0 fully saturated rings. The largest absolute Gasteiger partial charge is 0.274 e. The molecule has 0 amide bonds. The number of alkyl halides is 2. The van der Waals surface area contributed by atoms with E-state index < -0.39 is 5.92 Å². The second kappa shape index (κ2) is 3.02. The van der Waals surface area contributed by atoms with Crippen LogP contribution in [0, 0.1) is 0 Å². The molecule has 1 aromatic carbocycles. The number of rotatable bonds is 0. The highest BCUT2D eigenvalue weighted by Crippen LogP contribution is 2.47. The summed E-state index contributed by atoms with van der Waals surface area (Å²) in [6.07, 6.45) is 0.367. The average molecular weight is 312 g/mol. The highest BCUT2D eigenvalue weighted by Gasteiger charge is 2.41. The van der Waals surface area contributed by atoms with Gasteiger partial charge in [-0.25, -0.2) is 8.78 Å². The maximum Gasteiger partial charge on any atom is 0.274 e. The molecule has 0 spiro atoms. The van der Waals surface area contributed by atoms with Crippen LogP contribution in [-0.2, 0) is 12.3 Å². The van der Waals surface area contributed by atoms with Gasteiger partial charge < -0.3 is 0 Å². The second-order valence-corrected chi connectivity index (χ2v) is 4.80. The summed E-state index contributed by atoms with van der Waals surface area (Å²) in [4.78, 5) is 0. The fourth-order valence-electron chi connectivity index (χ4n) is 1.64. The van der Waals surface area contributed by atoms with Crippen molar-refractivity contribution < 1.29 is 8.78 Å². The minimum absolute atomic E-state index is 0.0798. The van der Waals surface area contributed by atoms with Crippen molar-refractivity contribution in [3.63, 3.8) is 0 Å². The lowest BCUT2D eigenvalue weighted by molar-refractivity contribution is -0.00251. The predicted molar refractivity (Wildman–Crippen MR) is 54.1 cm³/mol. The van der Waals surface area contributed by atoms with Gasteiger partial charge in [-0.1, -0.05) is 31.9 Å². The van der Waals surface area contributed by atoms with Crippen LogP contribution in [-0.4, -0.2) is 0 Å². The van der Waals surface area contributed by atoms with E-state index in [0.29, 0.717) is 10.9 Å². The van der Waals surface area contributed by atoms with E-state index in [4.69, 9.17) is 0 Å². The molecule has 1 aliphatic rings. The summed E-state index contributed by atoms with van der Waals surface area (Å²) in [6, 6.07) is 3.45. The smallest absolute Gasteiger partial charge is 0.201 e. The standard InChI is InChI=1S/C9H6Br2F2/c10-6-1-2-7(11)8-5(6)3-4-9(8,12)13/h1-2H,3-4H2. The first-order valence-electron chi connectivity index (χ1n) is 3.87. The van der Waals surface area contributed by atoms with Gasteiger partial charge in [-0.05, 0) is 24.1 Å². The molecule has 0 unspecified atom stereocenters. The van der Waals surface area contributed by atoms with E-state index in [0.717, 1.165) is 10.0 Å². The molecule has 0 saturated carbocycles. The van der Waals surface area contributed by atoms with Gasteiger partial charge in [-0.2, -0.15) is 0 Å². The van der Waals surface area contributed by atoms with Crippen molar-refractivity contribution in [2.45, 2.75) is 18.8 Å². The summed E-state index contributed by atoms with van der Waals surface area (Å²) in [5, 5.41) is 0. The number of hydrogen-bond acceptors (Lipinski definition) is 0. The highest BCUT2D eigenvalue weighted by atomic mass is 79.9. The molecular formula is C9H6Br2F2. The third-order valence-corrected chi connectivity index (χ3v) is 3.66. The average Bonchev–Trinajstić information content (AvgIpc) is 2.36. The Balaban J connectivity index is 2.70. The summed E-state index contributed by atoms with van der Waals surface area (Å²) in [5.74, 6) is -2.67. The van der Waals surface area contributed by atoms with Gasteiger partial charge in [0.2, 0.25) is 0 Å². The lowest BCUT2D eigenvalue weighted by Gasteiger charge is -2.12. The molecule has 0 radical (unpaired) electrons. The first kappa shape index (κ1) is 9.59. The van der Waals surface area contributed by atoms with Crippen LogP contribution in [0.15, 0.2) is 21.1 Å². The summed E-state index contributed by atoms with van der Waals surface area (Å²) in [7, 11) is 0. The van der Waals surface area contributed by atoms with E-state index in [1.807, 2.05) is 0 Å². The lowest BCUT2D eigenvalue weighted by Crippen LogP contribution is -2.08. The molecule has 0 saturated heterocycles. The molecule has 13 heavy (non-hydrogen) atoms. The van der Waals surface area contributed by atoms with E-state index in [2.05, 4.69) is 31.9 Å². The summed E-state index contributed by atoms with van der Waals surface area (Å²) < 4.78 is 27.9. The van der Waals surface area contributed by atoms with E-state index in [9.17, 15) is 8.78 Å². The molecule has 0 nitrogen and oxygen atoms in total. The quantitative estimate of drug-likeness (QED) is 0.672. The van der Waals surface area contributed by atoms with Gasteiger partial charge in [0.15, 0.2) is 0 Å². The Kier molecular flexibility index (Phi) is 2.23. The molecule has 0 atom stereocenters. The van der Waals surface area contributed by atoms with Crippen LogP contribution in [0.5, 0.6) is 0 Å². The van der Waals surface area contributed by atoms with E-state index >= 15 is 0 Å². The Labute approximate surface area is 91.6 Å². The monoisotopic (exact) mass is 310 g/mol. The molecule has 1 aliphatic carbocycles. The van der Waals surface area contributed by atoms with Gasteiger partial charge in [0, 0.05) is 20.9 Å². The zero-order valence-corrected chi connectivity index (χ0v) is 9.75. The van der Waals surface area contributed by atoms with Gasteiger partial charge in [0.05, 0.1) is 0 Å². The first-order chi connectivity index (χ1) is 6.02. The molecule has 0 aliphatic heterocycles. The zero-order chi connectivity index (χ0) is 9.64. The molecular weight excluding hydrogens is 306 g/mol. The molecule has 0 N–H and O–H groups in total. The van der Waals surface area contributed by atoms with Crippen LogP contribution in [0.4, 0.5) is 8.78 Å². The molecule has 1 aromatic rings. The lowest BCUT2D eigenvalue weighted by atomic mass is 10.1. The van der Waals surface area contributed by atoms with Crippen LogP contribution in [0.1, 0.15) is 17.5 Å². The first-order valence-corrected chi connectivity index (χ1v) is 5.46. The summed E-state index contributed by atoms with van der Waals surface area (Å²) in [5.41, 5.74) is 0.890. The van der Waals surface area contributed by atoms with Crippen molar-refractivity contribution >= 4 is 31.9 Å². The third kappa shape index (κ3) is 1.44. The minimum Gasteiger partial charge on any atom is -0.201 e. The molecule has 0 heterocycles.